The van der Waals surface area contributed by atoms with Crippen molar-refractivity contribution in [2.45, 2.75) is 6.92 Å². The number of phenolic OH excluding ortho intramolecular Hbond substituents is 1. The standard InChI is InChI=1S/C18H20N2O3.HI/c1-11-4-6-14(19-8-9-20(2)3)16-17(22)13-10-12(21)5-7-15(13)23-18(11)16;/h4-7,10,19,21H,8-9H2,1-3H3;1H. The number of hydrogen-bond acceptors (Lipinski definition) is 5. The topological polar surface area (TPSA) is 65.7 Å². The molecule has 0 spiro atoms. The van der Waals surface area contributed by atoms with Gasteiger partial charge in [-0.3, -0.25) is 4.79 Å². The molecule has 3 aromatic rings. The van der Waals surface area contributed by atoms with E-state index in [0.717, 1.165) is 24.3 Å². The fraction of sp³-hybridized carbons (Fsp3) is 0.278. The van der Waals surface area contributed by atoms with E-state index in [1.54, 1.807) is 6.07 Å². The number of aromatic hydroxyl groups is 1. The Labute approximate surface area is 157 Å². The second kappa shape index (κ2) is 7.40. The minimum absolute atomic E-state index is 0. The molecule has 0 atom stereocenters. The van der Waals surface area contributed by atoms with Gasteiger partial charge in [0.15, 0.2) is 0 Å². The van der Waals surface area contributed by atoms with Crippen LogP contribution in [0, 0.1) is 6.92 Å². The lowest BCUT2D eigenvalue weighted by atomic mass is 10.1. The van der Waals surface area contributed by atoms with Gasteiger partial charge in [-0.15, -0.1) is 24.0 Å². The molecule has 0 fully saturated rings. The summed E-state index contributed by atoms with van der Waals surface area (Å²) in [6.45, 7) is 3.50. The molecule has 128 valence electrons. The van der Waals surface area contributed by atoms with Crippen LogP contribution in [0.3, 0.4) is 0 Å². The Balaban J connectivity index is 0.00000208. The average molecular weight is 440 g/mol. The van der Waals surface area contributed by atoms with Crippen LogP contribution in [-0.4, -0.2) is 37.2 Å². The molecular formula is C18H21IN2O3. The van der Waals surface area contributed by atoms with Gasteiger partial charge in [0.05, 0.1) is 10.8 Å². The summed E-state index contributed by atoms with van der Waals surface area (Å²) in [5.74, 6) is 0.0546. The van der Waals surface area contributed by atoms with Crippen LogP contribution in [0.15, 0.2) is 39.5 Å². The molecule has 1 aromatic heterocycles. The number of phenols is 1. The predicted molar refractivity (Wildman–Crippen MR) is 109 cm³/mol. The number of hydrogen-bond donors (Lipinski definition) is 2. The van der Waals surface area contributed by atoms with E-state index in [0.29, 0.717) is 21.9 Å². The van der Waals surface area contributed by atoms with E-state index in [1.807, 2.05) is 33.2 Å². The molecule has 0 saturated heterocycles. The van der Waals surface area contributed by atoms with E-state index in [4.69, 9.17) is 4.42 Å². The largest absolute Gasteiger partial charge is 0.508 e. The Bertz CT molecular complexity index is 935. The highest BCUT2D eigenvalue weighted by atomic mass is 127. The van der Waals surface area contributed by atoms with Crippen molar-refractivity contribution in [3.05, 3.63) is 46.1 Å². The number of rotatable bonds is 4. The van der Waals surface area contributed by atoms with Crippen molar-refractivity contribution in [3.63, 3.8) is 0 Å². The first-order valence-electron chi connectivity index (χ1n) is 7.55. The van der Waals surface area contributed by atoms with Crippen LogP contribution < -0.4 is 10.7 Å². The molecule has 24 heavy (non-hydrogen) atoms. The maximum atomic E-state index is 12.9. The zero-order chi connectivity index (χ0) is 16.6. The van der Waals surface area contributed by atoms with Crippen molar-refractivity contribution in [1.82, 2.24) is 4.90 Å². The number of nitrogens with zero attached hydrogens (tertiary/aromatic N) is 1. The second-order valence-electron chi connectivity index (χ2n) is 5.98. The Morgan fingerprint density at radius 3 is 2.67 bits per heavy atom. The molecule has 5 nitrogen and oxygen atoms in total. The van der Waals surface area contributed by atoms with Crippen LogP contribution >= 0.6 is 24.0 Å². The molecule has 0 saturated carbocycles. The lowest BCUT2D eigenvalue weighted by Crippen LogP contribution is -2.21. The summed E-state index contributed by atoms with van der Waals surface area (Å²) in [6, 6.07) is 8.43. The van der Waals surface area contributed by atoms with E-state index in [2.05, 4.69) is 10.2 Å². The summed E-state index contributed by atoms with van der Waals surface area (Å²) >= 11 is 0. The van der Waals surface area contributed by atoms with Crippen molar-refractivity contribution in [2.24, 2.45) is 0 Å². The van der Waals surface area contributed by atoms with Gasteiger partial charge < -0.3 is 19.7 Å². The molecule has 0 aliphatic rings. The molecule has 2 N–H and O–H groups in total. The number of likely N-dealkylation sites (N-methyl/N-ethyl adjacent to an activating group) is 1. The van der Waals surface area contributed by atoms with Crippen LogP contribution in [0.5, 0.6) is 5.75 Å². The fourth-order valence-electron chi connectivity index (χ4n) is 2.63. The van der Waals surface area contributed by atoms with Crippen molar-refractivity contribution < 1.29 is 9.52 Å². The summed E-state index contributed by atoms with van der Waals surface area (Å²) in [4.78, 5) is 15.0. The molecule has 0 amide bonds. The van der Waals surface area contributed by atoms with Gasteiger partial charge in [0, 0.05) is 18.8 Å². The zero-order valence-electron chi connectivity index (χ0n) is 13.9. The summed E-state index contributed by atoms with van der Waals surface area (Å²) in [5.41, 5.74) is 2.60. The number of nitrogens with one attached hydrogen (secondary N) is 1. The Morgan fingerprint density at radius 2 is 1.96 bits per heavy atom. The van der Waals surface area contributed by atoms with Gasteiger partial charge in [0.1, 0.15) is 16.9 Å². The van der Waals surface area contributed by atoms with E-state index in [-0.39, 0.29) is 35.2 Å². The number of anilines is 1. The summed E-state index contributed by atoms with van der Waals surface area (Å²) in [7, 11) is 4.00. The maximum absolute atomic E-state index is 12.9. The lowest BCUT2D eigenvalue weighted by Gasteiger charge is -2.14. The molecule has 0 aliphatic heterocycles. The average Bonchev–Trinajstić information content (AvgIpc) is 2.50. The van der Waals surface area contributed by atoms with Gasteiger partial charge in [-0.2, -0.15) is 0 Å². The lowest BCUT2D eigenvalue weighted by molar-refractivity contribution is 0.425. The fourth-order valence-corrected chi connectivity index (χ4v) is 2.63. The molecule has 0 bridgehead atoms. The Morgan fingerprint density at radius 1 is 1.21 bits per heavy atom. The molecule has 0 aliphatic carbocycles. The molecule has 2 aromatic carbocycles. The van der Waals surface area contributed by atoms with Crippen molar-refractivity contribution in [1.29, 1.82) is 0 Å². The number of benzene rings is 2. The highest BCUT2D eigenvalue weighted by Crippen LogP contribution is 2.28. The second-order valence-corrected chi connectivity index (χ2v) is 5.98. The van der Waals surface area contributed by atoms with E-state index in [1.165, 1.54) is 12.1 Å². The van der Waals surface area contributed by atoms with Crippen molar-refractivity contribution >= 4 is 51.6 Å². The minimum atomic E-state index is -0.131. The van der Waals surface area contributed by atoms with Crippen molar-refractivity contribution in [2.75, 3.05) is 32.5 Å². The summed E-state index contributed by atoms with van der Waals surface area (Å²) in [5, 5.41) is 13.9. The monoisotopic (exact) mass is 440 g/mol. The van der Waals surface area contributed by atoms with E-state index in [9.17, 15) is 9.90 Å². The van der Waals surface area contributed by atoms with Gasteiger partial charge >= 0.3 is 0 Å². The number of halogens is 1. The molecular weight excluding hydrogens is 419 g/mol. The van der Waals surface area contributed by atoms with Crippen LogP contribution in [0.25, 0.3) is 21.9 Å². The molecule has 3 rings (SSSR count). The SMILES string of the molecule is Cc1ccc(NCCN(C)C)c2c(=O)c3cc(O)ccc3oc12.I. The Hall–Kier alpha value is -1.80. The third-order valence-electron chi connectivity index (χ3n) is 3.88. The minimum Gasteiger partial charge on any atom is -0.508 e. The first-order chi connectivity index (χ1) is 11.0. The number of fused-ring (bicyclic) bond motifs is 2. The van der Waals surface area contributed by atoms with Crippen molar-refractivity contribution in [3.8, 4) is 5.75 Å². The van der Waals surface area contributed by atoms with Gasteiger partial charge in [0.2, 0.25) is 5.43 Å². The van der Waals surface area contributed by atoms with E-state index >= 15 is 0 Å². The highest BCUT2D eigenvalue weighted by molar-refractivity contribution is 14.0. The van der Waals surface area contributed by atoms with Gasteiger partial charge in [-0.25, -0.2) is 0 Å². The first-order valence-corrected chi connectivity index (χ1v) is 7.55. The van der Waals surface area contributed by atoms with Crippen LogP contribution in [0.1, 0.15) is 5.56 Å². The Kier molecular flexibility index (Phi) is 5.71. The quantitative estimate of drug-likeness (QED) is 0.480. The summed E-state index contributed by atoms with van der Waals surface area (Å²) in [6.07, 6.45) is 0. The third-order valence-corrected chi connectivity index (χ3v) is 3.88. The van der Waals surface area contributed by atoms with E-state index < -0.39 is 0 Å². The van der Waals surface area contributed by atoms with Crippen LogP contribution in [0.4, 0.5) is 5.69 Å². The normalized spacial score (nSPS) is 11.0. The summed E-state index contributed by atoms with van der Waals surface area (Å²) < 4.78 is 5.92. The molecule has 0 radical (unpaired) electrons. The van der Waals surface area contributed by atoms with Gasteiger partial charge in [-0.05, 0) is 50.8 Å². The number of aryl methyl sites for hydroxylation is 1. The molecule has 0 unspecified atom stereocenters. The molecule has 6 heteroatoms. The predicted octanol–water partition coefficient (Wildman–Crippen LogP) is 3.55. The first kappa shape index (κ1) is 18.5. The highest BCUT2D eigenvalue weighted by Gasteiger charge is 2.14. The van der Waals surface area contributed by atoms with Gasteiger partial charge in [-0.1, -0.05) is 6.07 Å². The smallest absolute Gasteiger partial charge is 0.202 e. The third kappa shape index (κ3) is 3.49. The maximum Gasteiger partial charge on any atom is 0.202 e. The van der Waals surface area contributed by atoms with Crippen LogP contribution in [0.2, 0.25) is 0 Å². The van der Waals surface area contributed by atoms with Crippen LogP contribution in [-0.2, 0) is 0 Å². The zero-order valence-corrected chi connectivity index (χ0v) is 16.3. The van der Waals surface area contributed by atoms with Gasteiger partial charge in [0.25, 0.3) is 0 Å². The molecule has 1 heterocycles.